The van der Waals surface area contributed by atoms with Gasteiger partial charge in [0.05, 0.1) is 7.11 Å². The van der Waals surface area contributed by atoms with Crippen molar-refractivity contribution in [2.24, 2.45) is 5.73 Å². The van der Waals surface area contributed by atoms with E-state index in [-0.39, 0.29) is 5.91 Å². The van der Waals surface area contributed by atoms with Crippen LogP contribution in [0.5, 0.6) is 5.75 Å². The van der Waals surface area contributed by atoms with E-state index in [1.807, 2.05) is 6.07 Å². The molecule has 1 aromatic rings. The maximum atomic E-state index is 11.5. The second kappa shape index (κ2) is 12.0. The van der Waals surface area contributed by atoms with Crippen LogP contribution in [0.25, 0.3) is 0 Å². The van der Waals surface area contributed by atoms with Gasteiger partial charge in [-0.3, -0.25) is 4.79 Å². The molecular formula is C20H33NO2. The fraction of sp³-hybridized carbons (Fsp3) is 0.650. The van der Waals surface area contributed by atoms with Gasteiger partial charge in [0.15, 0.2) is 0 Å². The number of hydrogen-bond donors (Lipinski definition) is 1. The van der Waals surface area contributed by atoms with Crippen LogP contribution in [-0.2, 0) is 6.42 Å². The van der Waals surface area contributed by atoms with Gasteiger partial charge in [-0.15, -0.1) is 0 Å². The molecule has 0 saturated carbocycles. The SMILES string of the molecule is CCCCCCCCCCCCc1cc(OC)ccc1C(N)=O. The molecule has 0 atom stereocenters. The minimum Gasteiger partial charge on any atom is -0.497 e. The Hall–Kier alpha value is -1.51. The lowest BCUT2D eigenvalue weighted by Gasteiger charge is -2.09. The zero-order chi connectivity index (χ0) is 16.9. The predicted octanol–water partition coefficient (Wildman–Crippen LogP) is 5.26. The van der Waals surface area contributed by atoms with Crippen LogP contribution >= 0.6 is 0 Å². The number of ether oxygens (including phenoxy) is 1. The van der Waals surface area contributed by atoms with E-state index < -0.39 is 0 Å². The number of carbonyl (C=O) groups excluding carboxylic acids is 1. The normalized spacial score (nSPS) is 10.7. The van der Waals surface area contributed by atoms with E-state index in [1.165, 1.54) is 57.8 Å². The van der Waals surface area contributed by atoms with Crippen LogP contribution in [0.15, 0.2) is 18.2 Å². The third kappa shape index (κ3) is 8.06. The van der Waals surface area contributed by atoms with Crippen molar-refractivity contribution in [2.45, 2.75) is 77.6 Å². The lowest BCUT2D eigenvalue weighted by atomic mass is 9.99. The van der Waals surface area contributed by atoms with Crippen LogP contribution in [0.4, 0.5) is 0 Å². The number of hydrogen-bond acceptors (Lipinski definition) is 2. The molecule has 0 aliphatic heterocycles. The number of nitrogens with two attached hydrogens (primary N) is 1. The van der Waals surface area contributed by atoms with Gasteiger partial charge in [-0.1, -0.05) is 64.7 Å². The molecule has 1 aromatic carbocycles. The molecule has 2 N–H and O–H groups in total. The lowest BCUT2D eigenvalue weighted by molar-refractivity contribution is 0.0999. The Morgan fingerprint density at radius 3 is 2.04 bits per heavy atom. The molecule has 1 amide bonds. The minimum absolute atomic E-state index is 0.352. The molecule has 0 saturated heterocycles. The Morgan fingerprint density at radius 1 is 0.957 bits per heavy atom. The van der Waals surface area contributed by atoms with Crippen LogP contribution in [0.3, 0.4) is 0 Å². The Balaban J connectivity index is 2.21. The largest absolute Gasteiger partial charge is 0.497 e. The highest BCUT2D eigenvalue weighted by atomic mass is 16.5. The third-order valence-corrected chi connectivity index (χ3v) is 4.38. The standard InChI is InChI=1S/C20H33NO2/c1-3-4-5-6-7-8-9-10-11-12-13-17-16-18(23-2)14-15-19(17)20(21)22/h14-16H,3-13H2,1-2H3,(H2,21,22). The molecule has 0 unspecified atom stereocenters. The molecule has 3 nitrogen and oxygen atoms in total. The van der Waals surface area contributed by atoms with Gasteiger partial charge in [-0.2, -0.15) is 0 Å². The topological polar surface area (TPSA) is 52.3 Å². The highest BCUT2D eigenvalue weighted by Crippen LogP contribution is 2.20. The quantitative estimate of drug-likeness (QED) is 0.504. The zero-order valence-electron chi connectivity index (χ0n) is 14.9. The van der Waals surface area contributed by atoms with Gasteiger partial charge in [-0.05, 0) is 36.6 Å². The molecule has 1 rings (SSSR count). The van der Waals surface area contributed by atoms with Gasteiger partial charge in [0, 0.05) is 5.56 Å². The highest BCUT2D eigenvalue weighted by molar-refractivity contribution is 5.94. The van der Waals surface area contributed by atoms with Gasteiger partial charge in [-0.25, -0.2) is 0 Å². The average Bonchev–Trinajstić information content (AvgIpc) is 2.56. The Labute approximate surface area is 141 Å². The van der Waals surface area contributed by atoms with Crippen LogP contribution in [0, 0.1) is 0 Å². The number of unbranched alkanes of at least 4 members (excludes halogenated alkanes) is 9. The first-order valence-electron chi connectivity index (χ1n) is 9.15. The van der Waals surface area contributed by atoms with Gasteiger partial charge < -0.3 is 10.5 Å². The summed E-state index contributed by atoms with van der Waals surface area (Å²) < 4.78 is 5.24. The molecule has 0 fully saturated rings. The molecule has 0 spiro atoms. The van der Waals surface area contributed by atoms with E-state index in [0.717, 1.165) is 24.2 Å². The lowest BCUT2D eigenvalue weighted by Crippen LogP contribution is -2.13. The van der Waals surface area contributed by atoms with Crippen molar-refractivity contribution in [1.82, 2.24) is 0 Å². The summed E-state index contributed by atoms with van der Waals surface area (Å²) in [5.41, 5.74) is 7.08. The summed E-state index contributed by atoms with van der Waals surface area (Å²) in [5.74, 6) is 0.437. The molecule has 0 radical (unpaired) electrons. The molecule has 0 heterocycles. The first-order valence-corrected chi connectivity index (χ1v) is 9.15. The highest BCUT2D eigenvalue weighted by Gasteiger charge is 2.09. The molecule has 0 aliphatic carbocycles. The molecule has 130 valence electrons. The fourth-order valence-corrected chi connectivity index (χ4v) is 2.95. The first-order chi connectivity index (χ1) is 11.2. The number of benzene rings is 1. The van der Waals surface area contributed by atoms with E-state index >= 15 is 0 Å². The number of amides is 1. The van der Waals surface area contributed by atoms with Crippen LogP contribution in [0.2, 0.25) is 0 Å². The van der Waals surface area contributed by atoms with Crippen molar-refractivity contribution in [3.63, 3.8) is 0 Å². The number of methoxy groups -OCH3 is 1. The zero-order valence-corrected chi connectivity index (χ0v) is 14.9. The second-order valence-corrected chi connectivity index (χ2v) is 6.32. The van der Waals surface area contributed by atoms with Crippen molar-refractivity contribution in [3.05, 3.63) is 29.3 Å². The first kappa shape index (κ1) is 19.5. The van der Waals surface area contributed by atoms with E-state index in [9.17, 15) is 4.79 Å². The summed E-state index contributed by atoms with van der Waals surface area (Å²) in [5, 5.41) is 0. The molecule has 3 heteroatoms. The Kier molecular flexibility index (Phi) is 10.2. The van der Waals surface area contributed by atoms with Crippen LogP contribution in [0.1, 0.15) is 87.1 Å². The van der Waals surface area contributed by atoms with E-state index in [2.05, 4.69) is 6.92 Å². The van der Waals surface area contributed by atoms with Crippen molar-refractivity contribution in [2.75, 3.05) is 7.11 Å². The Bertz CT molecular complexity index is 457. The van der Waals surface area contributed by atoms with Gasteiger partial charge >= 0.3 is 0 Å². The minimum atomic E-state index is -0.352. The summed E-state index contributed by atoms with van der Waals surface area (Å²) in [6, 6.07) is 5.50. The molecule has 23 heavy (non-hydrogen) atoms. The van der Waals surface area contributed by atoms with Crippen LogP contribution in [-0.4, -0.2) is 13.0 Å². The molecule has 0 aromatic heterocycles. The fourth-order valence-electron chi connectivity index (χ4n) is 2.95. The maximum absolute atomic E-state index is 11.5. The van der Waals surface area contributed by atoms with Gasteiger partial charge in [0.25, 0.3) is 0 Å². The summed E-state index contributed by atoms with van der Waals surface area (Å²) in [7, 11) is 1.64. The van der Waals surface area contributed by atoms with Gasteiger partial charge in [0.2, 0.25) is 5.91 Å². The number of carbonyl (C=O) groups is 1. The van der Waals surface area contributed by atoms with Crippen molar-refractivity contribution >= 4 is 5.91 Å². The van der Waals surface area contributed by atoms with E-state index in [0.29, 0.717) is 5.56 Å². The molecule has 0 aliphatic rings. The smallest absolute Gasteiger partial charge is 0.248 e. The molecule has 0 bridgehead atoms. The number of aryl methyl sites for hydroxylation is 1. The monoisotopic (exact) mass is 319 g/mol. The Morgan fingerprint density at radius 2 is 1.52 bits per heavy atom. The maximum Gasteiger partial charge on any atom is 0.248 e. The summed E-state index contributed by atoms with van der Waals surface area (Å²) in [6.07, 6.45) is 14.0. The summed E-state index contributed by atoms with van der Waals surface area (Å²) >= 11 is 0. The van der Waals surface area contributed by atoms with Crippen LogP contribution < -0.4 is 10.5 Å². The number of rotatable bonds is 13. The summed E-state index contributed by atoms with van der Waals surface area (Å²) in [6.45, 7) is 2.26. The van der Waals surface area contributed by atoms with Gasteiger partial charge in [0.1, 0.15) is 5.75 Å². The number of primary amides is 1. The van der Waals surface area contributed by atoms with Crippen molar-refractivity contribution in [1.29, 1.82) is 0 Å². The third-order valence-electron chi connectivity index (χ3n) is 4.38. The van der Waals surface area contributed by atoms with Crippen molar-refractivity contribution < 1.29 is 9.53 Å². The summed E-state index contributed by atoms with van der Waals surface area (Å²) in [4.78, 5) is 11.5. The second-order valence-electron chi connectivity index (χ2n) is 6.32. The predicted molar refractivity (Wildman–Crippen MR) is 97.1 cm³/mol. The molecular weight excluding hydrogens is 286 g/mol. The van der Waals surface area contributed by atoms with E-state index in [1.54, 1.807) is 19.2 Å². The van der Waals surface area contributed by atoms with E-state index in [4.69, 9.17) is 10.5 Å². The average molecular weight is 319 g/mol. The van der Waals surface area contributed by atoms with Crippen molar-refractivity contribution in [3.8, 4) is 5.75 Å².